The molecule has 0 aliphatic heterocycles. The van der Waals surface area contributed by atoms with Crippen molar-refractivity contribution in [3.05, 3.63) is 120 Å². The summed E-state index contributed by atoms with van der Waals surface area (Å²) in [6, 6.07) is 31.7. The Bertz CT molecular complexity index is 1360. The minimum atomic E-state index is -4.50. The van der Waals surface area contributed by atoms with Crippen LogP contribution in [0.15, 0.2) is 119 Å². The van der Waals surface area contributed by atoms with Crippen LogP contribution in [-0.2, 0) is 20.2 Å². The first kappa shape index (κ1) is 30.8. The quantitative estimate of drug-likeness (QED) is 0.358. The largest absolute Gasteiger partial charge is 0.744 e. The molecular weight excluding hydrogens is 524 g/mol. The van der Waals surface area contributed by atoms with E-state index in [2.05, 4.69) is 49.6 Å². The highest BCUT2D eigenvalue weighted by Crippen LogP contribution is 2.23. The second kappa shape index (κ2) is 14.0. The average Bonchev–Trinajstić information content (AvgIpc) is 2.89. The Morgan fingerprint density at radius 3 is 0.947 bits per heavy atom. The lowest BCUT2D eigenvalue weighted by atomic mass is 10.1. The van der Waals surface area contributed by atoms with Crippen molar-refractivity contribution in [1.82, 2.24) is 0 Å². The molecule has 4 rings (SSSR count). The molecule has 0 aromatic heterocycles. The molecule has 2 atom stereocenters. The topological polar surface area (TPSA) is 170 Å². The van der Waals surface area contributed by atoms with Crippen molar-refractivity contribution in [3.8, 4) is 11.1 Å². The second-order valence-electron chi connectivity index (χ2n) is 8.58. The summed E-state index contributed by atoms with van der Waals surface area (Å²) in [6.07, 6.45) is 0. The molecule has 0 radical (unpaired) electrons. The van der Waals surface area contributed by atoms with Crippen LogP contribution >= 0.6 is 0 Å². The standard InChI is InChI=1S/C12H10O6S2.2C8H11N/c13-19(14,15)11-5-1-9(2-6-11)10-3-7-12(8-4-10)20(16,17)18;2*1-7(9)8-5-3-2-4-6-8/h1-8H,(H,13,14,15)(H,16,17,18);2*2-7H,9H2,1H3/t;2*7-/m.11/s1. The minimum Gasteiger partial charge on any atom is -0.744 e. The van der Waals surface area contributed by atoms with Gasteiger partial charge in [0.15, 0.2) is 0 Å². The summed E-state index contributed by atoms with van der Waals surface area (Å²) in [5.41, 5.74) is 11.6. The van der Waals surface area contributed by atoms with Crippen molar-refractivity contribution in [3.63, 3.8) is 0 Å². The smallest absolute Gasteiger partial charge is 0.124 e. The molecule has 10 heteroatoms. The summed E-state index contributed by atoms with van der Waals surface area (Å²) in [6.45, 7) is 4.19. The van der Waals surface area contributed by atoms with E-state index in [-0.39, 0.29) is 9.79 Å². The van der Waals surface area contributed by atoms with Gasteiger partial charge in [0.05, 0.1) is 9.79 Å². The van der Waals surface area contributed by atoms with Crippen LogP contribution in [0.1, 0.15) is 37.1 Å². The van der Waals surface area contributed by atoms with Crippen LogP contribution in [0.5, 0.6) is 0 Å². The number of rotatable bonds is 5. The second-order valence-corrected chi connectivity index (χ2v) is 11.3. The molecule has 0 aliphatic rings. The molecule has 0 aliphatic carbocycles. The highest BCUT2D eigenvalue weighted by molar-refractivity contribution is 7.86. The van der Waals surface area contributed by atoms with Gasteiger partial charge in [-0.15, -0.1) is 0 Å². The van der Waals surface area contributed by atoms with Crippen LogP contribution < -0.4 is 11.5 Å². The lowest BCUT2D eigenvalue weighted by Crippen LogP contribution is -2.51. The normalized spacial score (nSPS) is 12.7. The van der Waals surface area contributed by atoms with Gasteiger partial charge in [-0.05, 0) is 49.2 Å². The zero-order valence-corrected chi connectivity index (χ0v) is 22.9. The first-order valence-corrected chi connectivity index (χ1v) is 14.5. The highest BCUT2D eigenvalue weighted by Gasteiger charge is 2.05. The fraction of sp³-hybridized carbons (Fsp3) is 0.143. The predicted octanol–water partition coefficient (Wildman–Crippen LogP) is 3.14. The van der Waals surface area contributed by atoms with Crippen molar-refractivity contribution >= 4 is 20.2 Å². The van der Waals surface area contributed by atoms with Crippen molar-refractivity contribution in [1.29, 1.82) is 0 Å². The first-order valence-electron chi connectivity index (χ1n) is 11.7. The maximum absolute atomic E-state index is 10.8. The van der Waals surface area contributed by atoms with Gasteiger partial charge in [0, 0.05) is 11.1 Å². The van der Waals surface area contributed by atoms with Crippen LogP contribution in [0.4, 0.5) is 0 Å². The van der Waals surface area contributed by atoms with E-state index in [0.29, 0.717) is 23.2 Å². The van der Waals surface area contributed by atoms with E-state index in [0.717, 1.165) is 24.3 Å². The Hall–Kier alpha value is -3.38. The van der Waals surface area contributed by atoms with Crippen LogP contribution in [-0.4, -0.2) is 25.9 Å². The third kappa shape index (κ3) is 10.2. The fourth-order valence-electron chi connectivity index (χ4n) is 3.19. The van der Waals surface area contributed by atoms with Crippen LogP contribution in [0.2, 0.25) is 0 Å². The summed E-state index contributed by atoms with van der Waals surface area (Å²) in [7, 11) is -9.00. The number of quaternary nitrogens is 2. The molecule has 0 fully saturated rings. The fourth-order valence-corrected chi connectivity index (χ4v) is 4.13. The SMILES string of the molecule is C[C@@H]([NH3+])c1ccccc1.C[C@@H]([NH3+])c1ccccc1.O=S(=O)([O-])c1ccc(-c2ccc(S(=O)(=O)[O-])cc2)cc1. The van der Waals surface area contributed by atoms with Gasteiger partial charge >= 0.3 is 0 Å². The zero-order chi connectivity index (χ0) is 28.3. The molecule has 6 N–H and O–H groups in total. The summed E-state index contributed by atoms with van der Waals surface area (Å²) in [5.74, 6) is 0. The number of hydrogen-bond acceptors (Lipinski definition) is 6. The first-order chi connectivity index (χ1) is 17.8. The van der Waals surface area contributed by atoms with E-state index in [9.17, 15) is 25.9 Å². The maximum atomic E-state index is 10.8. The van der Waals surface area contributed by atoms with E-state index in [1.54, 1.807) is 0 Å². The van der Waals surface area contributed by atoms with Crippen molar-refractivity contribution in [2.75, 3.05) is 0 Å². The van der Waals surface area contributed by atoms with Gasteiger partial charge in [0.25, 0.3) is 0 Å². The molecule has 0 saturated heterocycles. The van der Waals surface area contributed by atoms with Crippen LogP contribution in [0, 0.1) is 0 Å². The molecule has 8 nitrogen and oxygen atoms in total. The predicted molar refractivity (Wildman–Crippen MR) is 143 cm³/mol. The summed E-state index contributed by atoms with van der Waals surface area (Å²) >= 11 is 0. The van der Waals surface area contributed by atoms with Gasteiger partial charge in [-0.25, -0.2) is 16.8 Å². The molecule has 4 aromatic rings. The molecule has 0 heterocycles. The monoisotopic (exact) mass is 556 g/mol. The number of benzene rings is 4. The Kier molecular flexibility index (Phi) is 11.3. The molecule has 0 unspecified atom stereocenters. The van der Waals surface area contributed by atoms with E-state index in [1.807, 2.05) is 36.4 Å². The third-order valence-corrected chi connectivity index (χ3v) is 7.06. The van der Waals surface area contributed by atoms with Crippen LogP contribution in [0.25, 0.3) is 11.1 Å². The molecule has 0 amide bonds. The van der Waals surface area contributed by atoms with Gasteiger partial charge < -0.3 is 20.6 Å². The Labute approximate surface area is 224 Å². The molecule has 38 heavy (non-hydrogen) atoms. The molecule has 0 saturated carbocycles. The summed E-state index contributed by atoms with van der Waals surface area (Å²) in [5, 5.41) is 0. The zero-order valence-electron chi connectivity index (χ0n) is 21.2. The van der Waals surface area contributed by atoms with E-state index in [4.69, 9.17) is 0 Å². The molecule has 0 bridgehead atoms. The van der Waals surface area contributed by atoms with Crippen molar-refractivity contribution in [2.24, 2.45) is 0 Å². The Morgan fingerprint density at radius 2 is 0.763 bits per heavy atom. The van der Waals surface area contributed by atoms with Gasteiger partial charge in [-0.2, -0.15) is 0 Å². The van der Waals surface area contributed by atoms with Gasteiger partial charge in [-0.1, -0.05) is 84.9 Å². The Balaban J connectivity index is 0.000000232. The number of hydrogen-bond donors (Lipinski definition) is 2. The van der Waals surface area contributed by atoms with Gasteiger partial charge in [-0.3, -0.25) is 0 Å². The lowest BCUT2D eigenvalue weighted by Gasteiger charge is -2.09. The highest BCUT2D eigenvalue weighted by atomic mass is 32.2. The van der Waals surface area contributed by atoms with Crippen molar-refractivity contribution < 1.29 is 37.4 Å². The van der Waals surface area contributed by atoms with Gasteiger partial charge in [0.2, 0.25) is 0 Å². The average molecular weight is 557 g/mol. The van der Waals surface area contributed by atoms with E-state index in [1.165, 1.54) is 35.4 Å². The van der Waals surface area contributed by atoms with Gasteiger partial charge in [0.1, 0.15) is 32.3 Å². The lowest BCUT2D eigenvalue weighted by molar-refractivity contribution is -0.420. The van der Waals surface area contributed by atoms with Crippen molar-refractivity contribution in [2.45, 2.75) is 35.7 Å². The maximum Gasteiger partial charge on any atom is 0.124 e. The summed E-state index contributed by atoms with van der Waals surface area (Å²) in [4.78, 5) is -0.694. The van der Waals surface area contributed by atoms with Crippen LogP contribution in [0.3, 0.4) is 0 Å². The van der Waals surface area contributed by atoms with E-state index >= 15 is 0 Å². The molecule has 0 spiro atoms. The summed E-state index contributed by atoms with van der Waals surface area (Å²) < 4.78 is 64.7. The minimum absolute atomic E-state index is 0.347. The molecule has 202 valence electrons. The third-order valence-electron chi connectivity index (χ3n) is 5.36. The van der Waals surface area contributed by atoms with E-state index < -0.39 is 20.2 Å². The Morgan fingerprint density at radius 1 is 0.500 bits per heavy atom. The molecule has 4 aromatic carbocycles. The molecular formula is C28H32N2O6S2.